The van der Waals surface area contributed by atoms with Crippen LogP contribution in [0.1, 0.15) is 39.3 Å². The van der Waals surface area contributed by atoms with Gasteiger partial charge in [-0.3, -0.25) is 4.79 Å². The molecule has 156 valence electrons. The Morgan fingerprint density at radius 1 is 1.30 bits per heavy atom. The van der Waals surface area contributed by atoms with E-state index in [1.807, 2.05) is 49.0 Å². The lowest BCUT2D eigenvalue weighted by atomic mass is 9.98. The first-order chi connectivity index (χ1) is 14.5. The molecule has 1 aromatic carbocycles. The molecule has 4 rings (SSSR count). The molecule has 3 aromatic rings. The number of carbonyl (C=O) groups excluding carboxylic acids is 1. The Hall–Kier alpha value is -3.03. The van der Waals surface area contributed by atoms with Crippen LogP contribution in [0.4, 0.5) is 0 Å². The number of carbonyl (C=O) groups is 1. The number of pyridine rings is 1. The zero-order valence-electron chi connectivity index (χ0n) is 17.2. The summed E-state index contributed by atoms with van der Waals surface area (Å²) in [5, 5.41) is 17.2. The molecule has 1 saturated heterocycles. The van der Waals surface area contributed by atoms with Crippen LogP contribution in [0.5, 0.6) is 0 Å². The van der Waals surface area contributed by atoms with Crippen molar-refractivity contribution in [2.45, 2.75) is 38.8 Å². The largest absolute Gasteiger partial charge is 0.391 e. The number of amides is 1. The molecule has 7 nitrogen and oxygen atoms in total. The third-order valence-electron chi connectivity index (χ3n) is 5.59. The molecule has 0 bridgehead atoms. The van der Waals surface area contributed by atoms with Crippen LogP contribution >= 0.6 is 0 Å². The van der Waals surface area contributed by atoms with Crippen LogP contribution in [-0.2, 0) is 11.2 Å². The number of aliphatic hydroxyl groups excluding tert-OH is 1. The fourth-order valence-electron chi connectivity index (χ4n) is 3.62. The van der Waals surface area contributed by atoms with Gasteiger partial charge < -0.3 is 15.2 Å². The molecular weight excluding hydrogens is 380 g/mol. The van der Waals surface area contributed by atoms with Crippen molar-refractivity contribution in [2.75, 3.05) is 13.2 Å². The minimum atomic E-state index is -0.595. The second-order valence-corrected chi connectivity index (χ2v) is 7.68. The number of aromatic nitrogens is 3. The predicted octanol–water partition coefficient (Wildman–Crippen LogP) is 2.35. The lowest BCUT2D eigenvalue weighted by molar-refractivity contribution is -0.0140. The molecule has 0 spiro atoms. The smallest absolute Gasteiger partial charge is 0.270 e. The summed E-state index contributed by atoms with van der Waals surface area (Å²) in [4.78, 5) is 17.2. The van der Waals surface area contributed by atoms with Crippen molar-refractivity contribution in [3.8, 4) is 5.69 Å². The van der Waals surface area contributed by atoms with Crippen LogP contribution < -0.4 is 5.32 Å². The Morgan fingerprint density at radius 2 is 2.10 bits per heavy atom. The molecule has 7 heteroatoms. The fraction of sp³-hybridized carbons (Fsp3) is 0.348. The number of nitrogens with one attached hydrogen (secondary N) is 1. The van der Waals surface area contributed by atoms with Crippen molar-refractivity contribution in [1.82, 2.24) is 20.1 Å². The zero-order valence-corrected chi connectivity index (χ0v) is 17.2. The molecule has 1 aliphatic heterocycles. The van der Waals surface area contributed by atoms with Gasteiger partial charge in [0.15, 0.2) is 0 Å². The third-order valence-corrected chi connectivity index (χ3v) is 5.59. The molecule has 2 aromatic heterocycles. The fourth-order valence-corrected chi connectivity index (χ4v) is 3.62. The number of hydrogen-bond donors (Lipinski definition) is 2. The Kier molecular flexibility index (Phi) is 5.92. The molecule has 3 heterocycles. The second-order valence-electron chi connectivity index (χ2n) is 7.68. The summed E-state index contributed by atoms with van der Waals surface area (Å²) < 4.78 is 7.19. The summed E-state index contributed by atoms with van der Waals surface area (Å²) in [5.74, 6) is -0.289. The van der Waals surface area contributed by atoms with Crippen LogP contribution in [0, 0.1) is 13.8 Å². The van der Waals surface area contributed by atoms with Crippen LogP contribution in [0.15, 0.2) is 48.8 Å². The lowest BCUT2D eigenvalue weighted by Crippen LogP contribution is -2.49. The third kappa shape index (κ3) is 4.42. The highest BCUT2D eigenvalue weighted by Gasteiger charge is 2.26. The Bertz CT molecular complexity index is 1020. The van der Waals surface area contributed by atoms with Gasteiger partial charge in [0.2, 0.25) is 0 Å². The Labute approximate surface area is 175 Å². The van der Waals surface area contributed by atoms with Crippen molar-refractivity contribution in [2.24, 2.45) is 0 Å². The summed E-state index contributed by atoms with van der Waals surface area (Å²) >= 11 is 0. The van der Waals surface area contributed by atoms with Crippen molar-refractivity contribution in [1.29, 1.82) is 0 Å². The van der Waals surface area contributed by atoms with Crippen LogP contribution in [0.3, 0.4) is 0 Å². The van der Waals surface area contributed by atoms with E-state index in [0.29, 0.717) is 31.7 Å². The molecule has 0 saturated carbocycles. The quantitative estimate of drug-likeness (QED) is 0.679. The van der Waals surface area contributed by atoms with E-state index in [0.717, 1.165) is 28.1 Å². The summed E-state index contributed by atoms with van der Waals surface area (Å²) in [6, 6.07) is 11.5. The van der Waals surface area contributed by atoms with Gasteiger partial charge in [-0.05, 0) is 67.6 Å². The standard InChI is InChI=1S/C23H26N4O3/c1-15-16(2)25-20(23(29)26-21-14-30-11-8-22(21)28)13-18(15)12-17-4-6-19(7-5-17)27-10-3-9-24-27/h3-7,9-10,13,21-22,28H,8,11-12,14H2,1-2H3,(H,26,29)/t21-,22-/m0/s1. The van der Waals surface area contributed by atoms with Gasteiger partial charge in [0, 0.05) is 24.7 Å². The van der Waals surface area contributed by atoms with E-state index in [-0.39, 0.29) is 5.91 Å². The summed E-state index contributed by atoms with van der Waals surface area (Å²) in [6.07, 6.45) is 4.28. The molecule has 0 radical (unpaired) electrons. The number of nitrogens with zero attached hydrogens (tertiary/aromatic N) is 3. The van der Waals surface area contributed by atoms with Gasteiger partial charge in [-0.2, -0.15) is 5.10 Å². The summed E-state index contributed by atoms with van der Waals surface area (Å²) in [6.45, 7) is 4.76. The molecular formula is C23H26N4O3. The number of aliphatic hydroxyl groups is 1. The van der Waals surface area contributed by atoms with E-state index in [4.69, 9.17) is 4.74 Å². The van der Waals surface area contributed by atoms with Gasteiger partial charge in [-0.25, -0.2) is 9.67 Å². The Balaban J connectivity index is 1.52. The minimum Gasteiger partial charge on any atom is -0.391 e. The number of rotatable bonds is 5. The van der Waals surface area contributed by atoms with Gasteiger partial charge >= 0.3 is 0 Å². The average molecular weight is 406 g/mol. The molecule has 1 fully saturated rings. The summed E-state index contributed by atoms with van der Waals surface area (Å²) in [5.41, 5.74) is 5.45. The van der Waals surface area contributed by atoms with E-state index in [9.17, 15) is 9.90 Å². The number of aryl methyl sites for hydroxylation is 1. The van der Waals surface area contributed by atoms with Crippen molar-refractivity contribution in [3.05, 3.63) is 76.9 Å². The highest BCUT2D eigenvalue weighted by Crippen LogP contribution is 2.19. The number of hydrogen-bond acceptors (Lipinski definition) is 5. The highest BCUT2D eigenvalue weighted by molar-refractivity contribution is 5.92. The Morgan fingerprint density at radius 3 is 2.80 bits per heavy atom. The van der Waals surface area contributed by atoms with E-state index >= 15 is 0 Å². The number of ether oxygens (including phenoxy) is 1. The first kappa shape index (κ1) is 20.3. The maximum absolute atomic E-state index is 12.8. The minimum absolute atomic E-state index is 0.289. The molecule has 2 atom stereocenters. The molecule has 0 unspecified atom stereocenters. The first-order valence-corrected chi connectivity index (χ1v) is 10.1. The van der Waals surface area contributed by atoms with Crippen molar-refractivity contribution in [3.63, 3.8) is 0 Å². The number of benzene rings is 1. The first-order valence-electron chi connectivity index (χ1n) is 10.1. The molecule has 30 heavy (non-hydrogen) atoms. The van der Waals surface area contributed by atoms with Gasteiger partial charge in [-0.1, -0.05) is 12.1 Å². The summed E-state index contributed by atoms with van der Waals surface area (Å²) in [7, 11) is 0. The maximum Gasteiger partial charge on any atom is 0.270 e. The SMILES string of the molecule is Cc1nc(C(=O)N[C@H]2COCC[C@@H]2O)cc(Cc2ccc(-n3cccn3)cc2)c1C. The van der Waals surface area contributed by atoms with Crippen molar-refractivity contribution < 1.29 is 14.6 Å². The molecule has 1 aliphatic rings. The normalized spacial score (nSPS) is 18.9. The van der Waals surface area contributed by atoms with Crippen LogP contribution in [0.25, 0.3) is 5.69 Å². The van der Waals surface area contributed by atoms with Gasteiger partial charge in [0.05, 0.1) is 24.4 Å². The van der Waals surface area contributed by atoms with E-state index in [1.54, 1.807) is 6.20 Å². The monoisotopic (exact) mass is 406 g/mol. The van der Waals surface area contributed by atoms with E-state index in [1.165, 1.54) is 0 Å². The van der Waals surface area contributed by atoms with Crippen molar-refractivity contribution >= 4 is 5.91 Å². The van der Waals surface area contributed by atoms with Gasteiger partial charge in [-0.15, -0.1) is 0 Å². The van der Waals surface area contributed by atoms with Gasteiger partial charge in [0.25, 0.3) is 5.91 Å². The average Bonchev–Trinajstić information content (AvgIpc) is 3.28. The van der Waals surface area contributed by atoms with Crippen LogP contribution in [0.2, 0.25) is 0 Å². The molecule has 1 amide bonds. The lowest BCUT2D eigenvalue weighted by Gasteiger charge is -2.28. The van der Waals surface area contributed by atoms with Gasteiger partial charge in [0.1, 0.15) is 5.69 Å². The topological polar surface area (TPSA) is 89.3 Å². The maximum atomic E-state index is 12.8. The second kappa shape index (κ2) is 8.77. The molecule has 0 aliphatic carbocycles. The van der Waals surface area contributed by atoms with E-state index in [2.05, 4.69) is 27.5 Å². The zero-order chi connectivity index (χ0) is 21.1. The predicted molar refractivity (Wildman–Crippen MR) is 113 cm³/mol. The molecule has 2 N–H and O–H groups in total. The highest BCUT2D eigenvalue weighted by atomic mass is 16.5. The van der Waals surface area contributed by atoms with Crippen LogP contribution in [-0.4, -0.2) is 51.1 Å². The van der Waals surface area contributed by atoms with E-state index < -0.39 is 12.1 Å².